The van der Waals surface area contributed by atoms with E-state index in [1.165, 1.54) is 27.4 Å². The Labute approximate surface area is 186 Å². The number of benzene rings is 2. The number of furan rings is 1. The van der Waals surface area contributed by atoms with E-state index in [1.807, 2.05) is 26.0 Å². The van der Waals surface area contributed by atoms with E-state index in [0.29, 0.717) is 34.4 Å². The zero-order chi connectivity index (χ0) is 22.9. The minimum Gasteiger partial charge on any atom is -0.496 e. The van der Waals surface area contributed by atoms with Crippen LogP contribution in [-0.4, -0.2) is 32.8 Å². The first kappa shape index (κ1) is 21.4. The van der Waals surface area contributed by atoms with Gasteiger partial charge in [0.05, 0.1) is 21.3 Å². The molecule has 3 aromatic rings. The Morgan fingerprint density at radius 3 is 2.34 bits per heavy atom. The minimum absolute atomic E-state index is 0.0637. The third-order valence-electron chi connectivity index (χ3n) is 5.02. The Morgan fingerprint density at radius 1 is 0.969 bits per heavy atom. The molecule has 0 bridgehead atoms. The van der Waals surface area contributed by atoms with Crippen molar-refractivity contribution in [3.8, 4) is 34.7 Å². The van der Waals surface area contributed by atoms with E-state index < -0.39 is 5.91 Å². The predicted octanol–water partition coefficient (Wildman–Crippen LogP) is 5.06. The third kappa shape index (κ3) is 4.16. The van der Waals surface area contributed by atoms with E-state index in [9.17, 15) is 4.79 Å². The quantitative estimate of drug-likeness (QED) is 0.550. The van der Waals surface area contributed by atoms with E-state index in [-0.39, 0.29) is 17.3 Å². The number of carbonyl (C=O) groups excluding carboxylic acids is 1. The molecule has 1 N–H and O–H groups in total. The van der Waals surface area contributed by atoms with Crippen LogP contribution in [0.3, 0.4) is 0 Å². The van der Waals surface area contributed by atoms with Crippen molar-refractivity contribution in [3.05, 3.63) is 53.8 Å². The van der Waals surface area contributed by atoms with Gasteiger partial charge in [-0.1, -0.05) is 12.1 Å². The summed E-state index contributed by atoms with van der Waals surface area (Å²) >= 11 is 0. The van der Waals surface area contributed by atoms with E-state index >= 15 is 0 Å². The lowest BCUT2D eigenvalue weighted by Crippen LogP contribution is -2.24. The lowest BCUT2D eigenvalue weighted by Gasteiger charge is -2.17. The van der Waals surface area contributed by atoms with Crippen molar-refractivity contribution in [1.82, 2.24) is 0 Å². The molecule has 0 radical (unpaired) electrons. The number of fused-ring (bicyclic) bond motifs is 1. The van der Waals surface area contributed by atoms with Gasteiger partial charge in [-0.2, -0.15) is 0 Å². The second-order valence-corrected chi connectivity index (χ2v) is 7.86. The molecule has 0 saturated heterocycles. The van der Waals surface area contributed by atoms with Crippen molar-refractivity contribution in [2.24, 2.45) is 0 Å². The Bertz CT molecular complexity index is 1120. The first-order valence-electron chi connectivity index (χ1n) is 10.0. The van der Waals surface area contributed by atoms with Gasteiger partial charge in [0.1, 0.15) is 28.5 Å². The molecule has 2 aromatic carbocycles. The standard InChI is InChI=1S/C24H25NO7/c1-24(2)13-14-7-6-8-16(22(14)32-24)30-20-10-9-17(31-20)23(26)25-21-18(28-4)11-15(27-3)12-19(21)29-5/h6-12H,13H2,1-5H3,(H,25,26). The molecule has 32 heavy (non-hydrogen) atoms. The fourth-order valence-corrected chi connectivity index (χ4v) is 3.58. The lowest BCUT2D eigenvalue weighted by atomic mass is 10.0. The van der Waals surface area contributed by atoms with Gasteiger partial charge in [0.25, 0.3) is 11.9 Å². The number of anilines is 1. The molecule has 1 aliphatic heterocycles. The Balaban J connectivity index is 1.54. The molecule has 168 valence electrons. The summed E-state index contributed by atoms with van der Waals surface area (Å²) in [4.78, 5) is 12.8. The molecule has 8 nitrogen and oxygen atoms in total. The third-order valence-corrected chi connectivity index (χ3v) is 5.02. The molecule has 2 heterocycles. The number of methoxy groups -OCH3 is 3. The summed E-state index contributed by atoms with van der Waals surface area (Å²) in [5, 5.41) is 2.76. The number of ether oxygens (including phenoxy) is 5. The van der Waals surface area contributed by atoms with Crippen LogP contribution in [0, 0.1) is 0 Å². The summed E-state index contributed by atoms with van der Waals surface area (Å²) in [5.41, 5.74) is 1.12. The second kappa shape index (κ2) is 8.37. The highest BCUT2D eigenvalue weighted by atomic mass is 16.6. The highest BCUT2D eigenvalue weighted by molar-refractivity contribution is 6.04. The van der Waals surface area contributed by atoms with Gasteiger partial charge in [-0.3, -0.25) is 4.79 Å². The van der Waals surface area contributed by atoms with Crippen LogP contribution in [0.25, 0.3) is 0 Å². The van der Waals surface area contributed by atoms with Crippen LogP contribution in [0.4, 0.5) is 5.69 Å². The van der Waals surface area contributed by atoms with Crippen molar-refractivity contribution in [3.63, 3.8) is 0 Å². The summed E-state index contributed by atoms with van der Waals surface area (Å²) in [7, 11) is 4.51. The average Bonchev–Trinajstić information content (AvgIpc) is 3.37. The molecule has 0 spiro atoms. The lowest BCUT2D eigenvalue weighted by molar-refractivity contribution is 0.0990. The maximum atomic E-state index is 12.8. The molecule has 1 aromatic heterocycles. The summed E-state index contributed by atoms with van der Waals surface area (Å²) in [6.07, 6.45) is 0.789. The molecule has 1 aliphatic rings. The molecule has 8 heteroatoms. The van der Waals surface area contributed by atoms with Crippen LogP contribution >= 0.6 is 0 Å². The molecular weight excluding hydrogens is 414 g/mol. The number of rotatable bonds is 7. The number of carbonyl (C=O) groups is 1. The Morgan fingerprint density at radius 2 is 1.69 bits per heavy atom. The summed E-state index contributed by atoms with van der Waals surface area (Å²) < 4.78 is 33.5. The molecule has 0 fully saturated rings. The van der Waals surface area contributed by atoms with E-state index in [0.717, 1.165) is 12.0 Å². The molecule has 1 amide bonds. The average molecular weight is 439 g/mol. The molecular formula is C24H25NO7. The van der Waals surface area contributed by atoms with E-state index in [1.54, 1.807) is 24.3 Å². The van der Waals surface area contributed by atoms with Crippen LogP contribution in [-0.2, 0) is 6.42 Å². The molecule has 0 aliphatic carbocycles. The van der Waals surface area contributed by atoms with Gasteiger partial charge in [0.2, 0.25) is 0 Å². The van der Waals surface area contributed by atoms with Gasteiger partial charge in [-0.25, -0.2) is 0 Å². The summed E-state index contributed by atoms with van der Waals surface area (Å²) in [6, 6.07) is 12.1. The van der Waals surface area contributed by atoms with Crippen LogP contribution in [0.5, 0.6) is 34.7 Å². The van der Waals surface area contributed by atoms with Gasteiger partial charge in [0.15, 0.2) is 17.3 Å². The van der Waals surface area contributed by atoms with E-state index in [4.69, 9.17) is 28.1 Å². The predicted molar refractivity (Wildman–Crippen MR) is 118 cm³/mol. The largest absolute Gasteiger partial charge is 0.496 e. The summed E-state index contributed by atoms with van der Waals surface area (Å²) in [5.74, 6) is 2.28. The fraction of sp³-hybridized carbons (Fsp3) is 0.292. The first-order chi connectivity index (χ1) is 15.3. The van der Waals surface area contributed by atoms with Crippen molar-refractivity contribution in [2.75, 3.05) is 26.6 Å². The number of para-hydroxylation sites is 1. The Kier molecular flexibility index (Phi) is 5.61. The molecule has 0 unspecified atom stereocenters. The van der Waals surface area contributed by atoms with Crippen LogP contribution in [0.15, 0.2) is 46.9 Å². The van der Waals surface area contributed by atoms with Crippen molar-refractivity contribution < 1.29 is 32.9 Å². The highest BCUT2D eigenvalue weighted by Crippen LogP contribution is 2.44. The first-order valence-corrected chi connectivity index (χ1v) is 10.0. The Hall–Kier alpha value is -3.81. The van der Waals surface area contributed by atoms with E-state index in [2.05, 4.69) is 5.32 Å². The second-order valence-electron chi connectivity index (χ2n) is 7.86. The monoisotopic (exact) mass is 439 g/mol. The summed E-state index contributed by atoms with van der Waals surface area (Å²) in [6.45, 7) is 4.04. The number of nitrogens with one attached hydrogen (secondary N) is 1. The van der Waals surface area contributed by atoms with Crippen LogP contribution < -0.4 is 29.0 Å². The SMILES string of the molecule is COc1cc(OC)c(NC(=O)c2ccc(Oc3cccc4c3OC(C)(C)C4)o2)c(OC)c1. The molecule has 0 saturated carbocycles. The normalized spacial score (nSPS) is 13.7. The maximum absolute atomic E-state index is 12.8. The zero-order valence-electron chi connectivity index (χ0n) is 18.6. The van der Waals surface area contributed by atoms with Crippen molar-refractivity contribution in [2.45, 2.75) is 25.9 Å². The van der Waals surface area contributed by atoms with Gasteiger partial charge in [-0.15, -0.1) is 0 Å². The van der Waals surface area contributed by atoms with Gasteiger partial charge < -0.3 is 33.4 Å². The van der Waals surface area contributed by atoms with Crippen LogP contribution in [0.2, 0.25) is 0 Å². The molecule has 0 atom stereocenters. The number of amides is 1. The topological polar surface area (TPSA) is 88.4 Å². The number of hydrogen-bond acceptors (Lipinski definition) is 7. The number of hydrogen-bond donors (Lipinski definition) is 1. The molecule has 4 rings (SSSR count). The van der Waals surface area contributed by atoms with Crippen molar-refractivity contribution >= 4 is 11.6 Å². The smallest absolute Gasteiger partial charge is 0.291 e. The van der Waals surface area contributed by atoms with Gasteiger partial charge in [-0.05, 0) is 26.0 Å². The van der Waals surface area contributed by atoms with Gasteiger partial charge >= 0.3 is 0 Å². The maximum Gasteiger partial charge on any atom is 0.291 e. The minimum atomic E-state index is -0.489. The fourth-order valence-electron chi connectivity index (χ4n) is 3.58. The van der Waals surface area contributed by atoms with Gasteiger partial charge in [0, 0.05) is 30.2 Å². The zero-order valence-corrected chi connectivity index (χ0v) is 18.6. The highest BCUT2D eigenvalue weighted by Gasteiger charge is 2.32. The van der Waals surface area contributed by atoms with Crippen molar-refractivity contribution in [1.29, 1.82) is 0 Å². The van der Waals surface area contributed by atoms with Crippen LogP contribution in [0.1, 0.15) is 30.0 Å².